The lowest BCUT2D eigenvalue weighted by atomic mass is 9.85. The number of primary amides is 1. The summed E-state index contributed by atoms with van der Waals surface area (Å²) >= 11 is 0. The van der Waals surface area contributed by atoms with E-state index in [0.29, 0.717) is 0 Å². The molecule has 0 bridgehead atoms. The van der Waals surface area contributed by atoms with Crippen molar-refractivity contribution in [2.75, 3.05) is 0 Å². The topological polar surface area (TPSA) is 102 Å². The van der Waals surface area contributed by atoms with Gasteiger partial charge in [-0.2, -0.15) is 0 Å². The normalized spacial score (nSPS) is 12.3. The highest BCUT2D eigenvalue weighted by Crippen LogP contribution is 2.31. The second-order valence-corrected chi connectivity index (χ2v) is 7.47. The number of carbonyl (C=O) groups is 2. The summed E-state index contributed by atoms with van der Waals surface area (Å²) in [6, 6.07) is 13.4. The first-order valence-corrected chi connectivity index (χ1v) is 8.75. The number of hydrogen-bond donors (Lipinski definition) is 3. The van der Waals surface area contributed by atoms with Gasteiger partial charge in [0.1, 0.15) is 18.4 Å². The minimum absolute atomic E-state index is 0.103. The Hall–Kier alpha value is -3.02. The van der Waals surface area contributed by atoms with Gasteiger partial charge in [-0.1, -0.05) is 63.2 Å². The molecule has 0 heterocycles. The molecule has 2 rings (SSSR count). The first-order chi connectivity index (χ1) is 12.7. The zero-order valence-electron chi connectivity index (χ0n) is 15.9. The SMILES string of the molecule is CC(C)(C)c1cc(C[C@H](NC(=O)OCc2ccccc2)C(N)=O)ccc1O. The van der Waals surface area contributed by atoms with Gasteiger partial charge in [-0.15, -0.1) is 0 Å². The van der Waals surface area contributed by atoms with Crippen molar-refractivity contribution in [2.24, 2.45) is 5.73 Å². The van der Waals surface area contributed by atoms with Gasteiger partial charge in [-0.25, -0.2) is 4.79 Å². The van der Waals surface area contributed by atoms with E-state index in [1.807, 2.05) is 57.2 Å². The highest BCUT2D eigenvalue weighted by Gasteiger charge is 2.22. The number of aromatic hydroxyl groups is 1. The standard InChI is InChI=1S/C21H26N2O4/c1-21(2,3)16-11-15(9-10-18(16)24)12-17(19(22)25)23-20(26)27-13-14-7-5-4-6-8-14/h4-11,17,24H,12-13H2,1-3H3,(H2,22,25)(H,23,26)/t17-/m0/s1. The molecular weight excluding hydrogens is 344 g/mol. The summed E-state index contributed by atoms with van der Waals surface area (Å²) in [7, 11) is 0. The van der Waals surface area contributed by atoms with Gasteiger partial charge in [-0.05, 0) is 28.2 Å². The van der Waals surface area contributed by atoms with Crippen molar-refractivity contribution >= 4 is 12.0 Å². The average molecular weight is 370 g/mol. The number of amides is 2. The van der Waals surface area contributed by atoms with Crippen molar-refractivity contribution in [2.45, 2.75) is 45.3 Å². The molecule has 0 unspecified atom stereocenters. The number of hydrogen-bond acceptors (Lipinski definition) is 4. The third kappa shape index (κ3) is 6.02. The summed E-state index contributed by atoms with van der Waals surface area (Å²) in [6.45, 7) is 6.05. The molecule has 2 aromatic rings. The molecule has 0 aliphatic heterocycles. The number of phenolic OH excluding ortho intramolecular Hbond substituents is 1. The molecule has 2 aromatic carbocycles. The number of phenols is 1. The smallest absolute Gasteiger partial charge is 0.408 e. The number of ether oxygens (including phenoxy) is 1. The average Bonchev–Trinajstić information content (AvgIpc) is 2.60. The van der Waals surface area contributed by atoms with Crippen LogP contribution in [-0.2, 0) is 28.0 Å². The lowest BCUT2D eigenvalue weighted by molar-refractivity contribution is -0.119. The van der Waals surface area contributed by atoms with E-state index in [4.69, 9.17) is 10.5 Å². The highest BCUT2D eigenvalue weighted by atomic mass is 16.5. The molecule has 0 aliphatic carbocycles. The summed E-state index contributed by atoms with van der Waals surface area (Å²) in [5, 5.41) is 12.6. The van der Waals surface area contributed by atoms with Crippen molar-refractivity contribution in [3.8, 4) is 5.75 Å². The van der Waals surface area contributed by atoms with Crippen LogP contribution < -0.4 is 11.1 Å². The second kappa shape index (κ2) is 8.58. The summed E-state index contributed by atoms with van der Waals surface area (Å²) < 4.78 is 5.15. The number of alkyl carbamates (subject to hydrolysis) is 1. The molecule has 2 amide bonds. The van der Waals surface area contributed by atoms with Gasteiger partial charge in [0.05, 0.1) is 0 Å². The van der Waals surface area contributed by atoms with Gasteiger partial charge in [0.2, 0.25) is 5.91 Å². The van der Waals surface area contributed by atoms with Gasteiger partial charge >= 0.3 is 6.09 Å². The Bertz CT molecular complexity index is 798. The van der Waals surface area contributed by atoms with Gasteiger partial charge in [0, 0.05) is 6.42 Å². The molecule has 27 heavy (non-hydrogen) atoms. The number of nitrogens with one attached hydrogen (secondary N) is 1. The predicted molar refractivity (Wildman–Crippen MR) is 103 cm³/mol. The van der Waals surface area contributed by atoms with E-state index < -0.39 is 18.0 Å². The molecule has 0 radical (unpaired) electrons. The summed E-state index contributed by atoms with van der Waals surface area (Å²) in [6.07, 6.45) is -0.503. The zero-order chi connectivity index (χ0) is 20.0. The molecule has 6 nitrogen and oxygen atoms in total. The molecule has 144 valence electrons. The van der Waals surface area contributed by atoms with Gasteiger partial charge < -0.3 is 20.9 Å². The molecule has 1 atom stereocenters. The fraction of sp³-hybridized carbons (Fsp3) is 0.333. The summed E-state index contributed by atoms with van der Waals surface area (Å²) in [4.78, 5) is 23.8. The monoisotopic (exact) mass is 370 g/mol. The van der Waals surface area contributed by atoms with Crippen molar-refractivity contribution in [3.05, 3.63) is 65.2 Å². The van der Waals surface area contributed by atoms with Crippen LogP contribution >= 0.6 is 0 Å². The summed E-state index contributed by atoms with van der Waals surface area (Å²) in [5.41, 5.74) is 7.56. The van der Waals surface area contributed by atoms with Crippen LogP contribution in [0.5, 0.6) is 5.75 Å². The van der Waals surface area contributed by atoms with Crippen LogP contribution in [0.1, 0.15) is 37.5 Å². The zero-order valence-corrected chi connectivity index (χ0v) is 15.9. The molecule has 6 heteroatoms. The number of carbonyl (C=O) groups excluding carboxylic acids is 2. The minimum Gasteiger partial charge on any atom is -0.508 e. The second-order valence-electron chi connectivity index (χ2n) is 7.47. The van der Waals surface area contributed by atoms with E-state index in [-0.39, 0.29) is 24.2 Å². The third-order valence-corrected chi connectivity index (χ3v) is 4.16. The van der Waals surface area contributed by atoms with Crippen molar-refractivity contribution in [1.82, 2.24) is 5.32 Å². The first kappa shape index (κ1) is 20.3. The van der Waals surface area contributed by atoms with Gasteiger partial charge in [0.15, 0.2) is 0 Å². The lowest BCUT2D eigenvalue weighted by Crippen LogP contribution is -2.46. The number of rotatable bonds is 6. The Kier molecular flexibility index (Phi) is 6.45. The van der Waals surface area contributed by atoms with Crippen LogP contribution in [0.2, 0.25) is 0 Å². The molecule has 0 saturated heterocycles. The van der Waals surface area contributed by atoms with E-state index in [2.05, 4.69) is 5.32 Å². The van der Waals surface area contributed by atoms with Crippen LogP contribution in [0.15, 0.2) is 48.5 Å². The molecule has 0 aliphatic rings. The fourth-order valence-electron chi connectivity index (χ4n) is 2.68. The van der Waals surface area contributed by atoms with Gasteiger partial charge in [-0.3, -0.25) is 4.79 Å². The third-order valence-electron chi connectivity index (χ3n) is 4.16. The van der Waals surface area contributed by atoms with Crippen LogP contribution in [0.4, 0.5) is 4.79 Å². The Labute approximate surface area is 159 Å². The maximum atomic E-state index is 12.0. The summed E-state index contributed by atoms with van der Waals surface area (Å²) in [5.74, 6) is -0.464. The Morgan fingerprint density at radius 3 is 2.37 bits per heavy atom. The molecule has 0 fully saturated rings. The Morgan fingerprint density at radius 2 is 1.78 bits per heavy atom. The van der Waals surface area contributed by atoms with Crippen molar-refractivity contribution in [3.63, 3.8) is 0 Å². The molecule has 0 spiro atoms. The number of nitrogens with two attached hydrogens (primary N) is 1. The van der Waals surface area contributed by atoms with Crippen LogP contribution in [0, 0.1) is 0 Å². The molecule has 0 aromatic heterocycles. The Morgan fingerprint density at radius 1 is 1.11 bits per heavy atom. The minimum atomic E-state index is -0.911. The first-order valence-electron chi connectivity index (χ1n) is 8.75. The van der Waals surface area contributed by atoms with E-state index in [1.165, 1.54) is 0 Å². The highest BCUT2D eigenvalue weighted by molar-refractivity contribution is 5.84. The van der Waals surface area contributed by atoms with Crippen LogP contribution in [-0.4, -0.2) is 23.1 Å². The quantitative estimate of drug-likeness (QED) is 0.727. The Balaban J connectivity index is 2.03. The lowest BCUT2D eigenvalue weighted by Gasteiger charge is -2.22. The van der Waals surface area contributed by atoms with Crippen molar-refractivity contribution in [1.29, 1.82) is 0 Å². The fourth-order valence-corrected chi connectivity index (χ4v) is 2.68. The maximum absolute atomic E-state index is 12.0. The van der Waals surface area contributed by atoms with Gasteiger partial charge in [0.25, 0.3) is 0 Å². The molecular formula is C21H26N2O4. The number of benzene rings is 2. The van der Waals surface area contributed by atoms with Crippen LogP contribution in [0.25, 0.3) is 0 Å². The van der Waals surface area contributed by atoms with E-state index in [0.717, 1.165) is 16.7 Å². The predicted octanol–water partition coefficient (Wildman–Crippen LogP) is 3.01. The van der Waals surface area contributed by atoms with E-state index >= 15 is 0 Å². The maximum Gasteiger partial charge on any atom is 0.408 e. The van der Waals surface area contributed by atoms with E-state index in [9.17, 15) is 14.7 Å². The molecule has 0 saturated carbocycles. The van der Waals surface area contributed by atoms with Crippen molar-refractivity contribution < 1.29 is 19.4 Å². The largest absolute Gasteiger partial charge is 0.508 e. The van der Waals surface area contributed by atoms with E-state index in [1.54, 1.807) is 12.1 Å². The van der Waals surface area contributed by atoms with Crippen LogP contribution in [0.3, 0.4) is 0 Å². The molecule has 4 N–H and O–H groups in total.